The van der Waals surface area contributed by atoms with Gasteiger partial charge in [0.25, 0.3) is 0 Å². The van der Waals surface area contributed by atoms with Gasteiger partial charge in [0.1, 0.15) is 5.82 Å². The van der Waals surface area contributed by atoms with Crippen LogP contribution in [-0.4, -0.2) is 23.5 Å². The largest absolute Gasteiger partial charge is 0.322 e. The van der Waals surface area contributed by atoms with Crippen LogP contribution < -0.4 is 5.73 Å². The molecule has 0 spiro atoms. The van der Waals surface area contributed by atoms with Crippen molar-refractivity contribution in [2.45, 2.75) is 56.5 Å². The molecular formula is C17H24ClFN2. The molecule has 3 rings (SSSR count). The quantitative estimate of drug-likeness (QED) is 0.903. The first-order chi connectivity index (χ1) is 10.1. The number of benzene rings is 1. The number of nitrogens with zero attached hydrogens (tertiary/aromatic N) is 1. The van der Waals surface area contributed by atoms with Crippen molar-refractivity contribution >= 4 is 11.6 Å². The third-order valence-corrected chi connectivity index (χ3v) is 5.57. The van der Waals surface area contributed by atoms with Gasteiger partial charge in [-0.1, -0.05) is 36.9 Å². The van der Waals surface area contributed by atoms with E-state index in [1.807, 2.05) is 0 Å². The summed E-state index contributed by atoms with van der Waals surface area (Å²) < 4.78 is 14.3. The van der Waals surface area contributed by atoms with Crippen LogP contribution >= 0.6 is 11.6 Å². The Morgan fingerprint density at radius 2 is 1.76 bits per heavy atom. The van der Waals surface area contributed by atoms with Gasteiger partial charge in [-0.3, -0.25) is 4.90 Å². The molecule has 1 heterocycles. The minimum atomic E-state index is -0.268. The van der Waals surface area contributed by atoms with Gasteiger partial charge in [-0.05, 0) is 50.9 Å². The summed E-state index contributed by atoms with van der Waals surface area (Å²) in [4.78, 5) is 2.54. The number of halogens is 2. The Balaban J connectivity index is 1.92. The molecule has 0 bridgehead atoms. The van der Waals surface area contributed by atoms with Crippen molar-refractivity contribution in [1.29, 1.82) is 0 Å². The summed E-state index contributed by atoms with van der Waals surface area (Å²) in [6.07, 6.45) is 8.32. The maximum atomic E-state index is 14.3. The fourth-order valence-corrected chi connectivity index (χ4v) is 4.35. The summed E-state index contributed by atoms with van der Waals surface area (Å²) in [5, 5.41) is 0.432. The van der Waals surface area contributed by atoms with Crippen LogP contribution in [0.2, 0.25) is 5.02 Å². The third kappa shape index (κ3) is 2.84. The molecular weight excluding hydrogens is 287 g/mol. The normalized spacial score (nSPS) is 24.1. The Morgan fingerprint density at radius 1 is 1.10 bits per heavy atom. The molecule has 1 unspecified atom stereocenters. The van der Waals surface area contributed by atoms with E-state index in [9.17, 15) is 4.39 Å². The number of piperidine rings is 1. The lowest BCUT2D eigenvalue weighted by Crippen LogP contribution is -2.55. The van der Waals surface area contributed by atoms with Crippen molar-refractivity contribution in [2.75, 3.05) is 13.1 Å². The van der Waals surface area contributed by atoms with Gasteiger partial charge in [0, 0.05) is 16.1 Å². The van der Waals surface area contributed by atoms with Crippen LogP contribution in [0.3, 0.4) is 0 Å². The lowest BCUT2D eigenvalue weighted by molar-refractivity contribution is 0.0468. The molecule has 1 atom stereocenters. The summed E-state index contributed by atoms with van der Waals surface area (Å²) in [7, 11) is 0. The number of hydrogen-bond acceptors (Lipinski definition) is 2. The zero-order valence-corrected chi connectivity index (χ0v) is 13.2. The first kappa shape index (κ1) is 15.3. The SMILES string of the molecule is NC(c1ccc(Cl)cc1F)C1(N2CCCCC2)CCCC1. The highest BCUT2D eigenvalue weighted by Gasteiger charge is 2.45. The summed E-state index contributed by atoms with van der Waals surface area (Å²) in [6.45, 7) is 2.20. The summed E-state index contributed by atoms with van der Waals surface area (Å²) >= 11 is 5.87. The Hall–Kier alpha value is -0.640. The molecule has 21 heavy (non-hydrogen) atoms. The standard InChI is InChI=1S/C17H24ClFN2/c18-13-6-7-14(15(19)12-13)16(20)17(8-2-3-9-17)21-10-4-1-5-11-21/h6-7,12,16H,1-5,8-11,20H2. The summed E-state index contributed by atoms with van der Waals surface area (Å²) in [6, 6.07) is 4.64. The Morgan fingerprint density at radius 3 is 2.38 bits per heavy atom. The molecule has 2 N–H and O–H groups in total. The average Bonchev–Trinajstić information content (AvgIpc) is 2.98. The molecule has 1 aromatic carbocycles. The molecule has 1 saturated carbocycles. The van der Waals surface area contributed by atoms with E-state index in [2.05, 4.69) is 4.90 Å². The lowest BCUT2D eigenvalue weighted by Gasteiger charge is -2.47. The molecule has 4 heteroatoms. The number of nitrogens with two attached hydrogens (primary N) is 1. The van der Waals surface area contributed by atoms with E-state index in [0.717, 1.165) is 25.9 Å². The van der Waals surface area contributed by atoms with Crippen molar-refractivity contribution in [3.8, 4) is 0 Å². The third-order valence-electron chi connectivity index (χ3n) is 5.33. The Bertz CT molecular complexity index is 494. The maximum Gasteiger partial charge on any atom is 0.129 e. The van der Waals surface area contributed by atoms with Crippen molar-refractivity contribution in [2.24, 2.45) is 5.73 Å². The second-order valence-corrected chi connectivity index (χ2v) is 6.94. The minimum Gasteiger partial charge on any atom is -0.322 e. The second-order valence-electron chi connectivity index (χ2n) is 6.50. The van der Waals surface area contributed by atoms with Crippen LogP contribution in [0.25, 0.3) is 0 Å². The van der Waals surface area contributed by atoms with E-state index in [1.165, 1.54) is 38.2 Å². The van der Waals surface area contributed by atoms with Crippen LogP contribution in [0.1, 0.15) is 56.6 Å². The Kier molecular flexibility index (Phi) is 4.53. The molecule has 2 nitrogen and oxygen atoms in total. The monoisotopic (exact) mass is 310 g/mol. The zero-order valence-electron chi connectivity index (χ0n) is 12.5. The molecule has 0 amide bonds. The number of hydrogen-bond donors (Lipinski definition) is 1. The van der Waals surface area contributed by atoms with E-state index in [1.54, 1.807) is 12.1 Å². The van der Waals surface area contributed by atoms with E-state index in [4.69, 9.17) is 17.3 Å². The van der Waals surface area contributed by atoms with Gasteiger partial charge >= 0.3 is 0 Å². The van der Waals surface area contributed by atoms with E-state index < -0.39 is 0 Å². The van der Waals surface area contributed by atoms with Crippen molar-refractivity contribution in [3.05, 3.63) is 34.6 Å². The molecule has 0 radical (unpaired) electrons. The fourth-order valence-electron chi connectivity index (χ4n) is 4.19. The molecule has 1 saturated heterocycles. The fraction of sp³-hybridized carbons (Fsp3) is 0.647. The topological polar surface area (TPSA) is 29.3 Å². The molecule has 2 aliphatic rings. The van der Waals surface area contributed by atoms with Gasteiger partial charge in [0.2, 0.25) is 0 Å². The van der Waals surface area contributed by atoms with E-state index in [0.29, 0.717) is 10.6 Å². The number of likely N-dealkylation sites (tertiary alicyclic amines) is 1. The van der Waals surface area contributed by atoms with Gasteiger partial charge in [-0.15, -0.1) is 0 Å². The zero-order chi connectivity index (χ0) is 14.9. The van der Waals surface area contributed by atoms with Gasteiger partial charge in [-0.25, -0.2) is 4.39 Å². The Labute approximate surface area is 131 Å². The predicted octanol–water partition coefficient (Wildman–Crippen LogP) is 4.28. The maximum absolute atomic E-state index is 14.3. The van der Waals surface area contributed by atoms with Gasteiger partial charge < -0.3 is 5.73 Å². The van der Waals surface area contributed by atoms with Crippen LogP contribution in [-0.2, 0) is 0 Å². The molecule has 1 aromatic rings. The van der Waals surface area contributed by atoms with Crippen LogP contribution in [0.4, 0.5) is 4.39 Å². The van der Waals surface area contributed by atoms with Crippen LogP contribution in [0.5, 0.6) is 0 Å². The van der Waals surface area contributed by atoms with Crippen molar-refractivity contribution in [3.63, 3.8) is 0 Å². The highest BCUT2D eigenvalue weighted by atomic mass is 35.5. The van der Waals surface area contributed by atoms with Gasteiger partial charge in [0.15, 0.2) is 0 Å². The van der Waals surface area contributed by atoms with E-state index >= 15 is 0 Å². The molecule has 1 aliphatic heterocycles. The first-order valence-electron chi connectivity index (χ1n) is 8.09. The minimum absolute atomic E-state index is 0.0604. The molecule has 0 aromatic heterocycles. The van der Waals surface area contributed by atoms with Crippen LogP contribution in [0.15, 0.2) is 18.2 Å². The smallest absolute Gasteiger partial charge is 0.129 e. The lowest BCUT2D eigenvalue weighted by atomic mass is 9.81. The molecule has 1 aliphatic carbocycles. The average molecular weight is 311 g/mol. The molecule has 116 valence electrons. The summed E-state index contributed by atoms with van der Waals surface area (Å²) in [5.74, 6) is -0.265. The van der Waals surface area contributed by atoms with Gasteiger partial charge in [0.05, 0.1) is 6.04 Å². The van der Waals surface area contributed by atoms with Crippen LogP contribution in [0, 0.1) is 5.82 Å². The highest BCUT2D eigenvalue weighted by Crippen LogP contribution is 2.45. The predicted molar refractivity (Wildman–Crippen MR) is 85.0 cm³/mol. The highest BCUT2D eigenvalue weighted by molar-refractivity contribution is 6.30. The summed E-state index contributed by atoms with van der Waals surface area (Å²) in [5.41, 5.74) is 7.15. The number of rotatable bonds is 3. The molecule has 2 fully saturated rings. The first-order valence-corrected chi connectivity index (χ1v) is 8.47. The van der Waals surface area contributed by atoms with Gasteiger partial charge in [-0.2, -0.15) is 0 Å². The van der Waals surface area contributed by atoms with E-state index in [-0.39, 0.29) is 17.4 Å². The van der Waals surface area contributed by atoms with Crippen molar-refractivity contribution < 1.29 is 4.39 Å². The van der Waals surface area contributed by atoms with Crippen molar-refractivity contribution in [1.82, 2.24) is 4.90 Å². The second kappa shape index (κ2) is 6.23.